The van der Waals surface area contributed by atoms with Crippen LogP contribution in [0.3, 0.4) is 0 Å². The van der Waals surface area contributed by atoms with Crippen LogP contribution >= 0.6 is 0 Å². The Hall–Kier alpha value is -1.93. The number of nitrogens with zero attached hydrogens (tertiary/aromatic N) is 1. The van der Waals surface area contributed by atoms with E-state index >= 15 is 0 Å². The molecule has 8 heteroatoms. The Kier molecular flexibility index (Phi) is 6.08. The van der Waals surface area contributed by atoms with Gasteiger partial charge in [0.05, 0.1) is 12.0 Å². The van der Waals surface area contributed by atoms with Gasteiger partial charge in [0, 0.05) is 19.0 Å². The van der Waals surface area contributed by atoms with Crippen molar-refractivity contribution >= 4 is 21.9 Å². The molecule has 1 saturated heterocycles. The number of hydrogen-bond donors (Lipinski definition) is 1. The molecular formula is C18H26N2O5S. The Morgan fingerprint density at radius 3 is 2.19 bits per heavy atom. The van der Waals surface area contributed by atoms with Gasteiger partial charge in [-0.3, -0.25) is 4.79 Å². The highest BCUT2D eigenvalue weighted by molar-refractivity contribution is 7.89. The zero-order chi connectivity index (χ0) is 19.5. The summed E-state index contributed by atoms with van der Waals surface area (Å²) in [5.41, 5.74) is -0.121. The summed E-state index contributed by atoms with van der Waals surface area (Å²) in [6.07, 6.45) is 0.822. The summed E-state index contributed by atoms with van der Waals surface area (Å²) in [7, 11) is -2.28. The van der Waals surface area contributed by atoms with E-state index in [1.807, 2.05) is 6.92 Å². The number of sulfonamides is 1. The van der Waals surface area contributed by atoms with Crippen LogP contribution < -0.4 is 5.32 Å². The molecule has 1 fully saturated rings. The van der Waals surface area contributed by atoms with E-state index in [1.165, 1.54) is 11.4 Å². The summed E-state index contributed by atoms with van der Waals surface area (Å²) < 4.78 is 31.5. The minimum Gasteiger partial charge on any atom is -0.467 e. The molecule has 1 amide bonds. The maximum absolute atomic E-state index is 12.7. The second-order valence-electron chi connectivity index (χ2n) is 7.10. The third-order valence-electron chi connectivity index (χ3n) is 4.61. The number of benzene rings is 1. The number of carbonyl (C=O) groups is 2. The van der Waals surface area contributed by atoms with E-state index in [0.29, 0.717) is 12.8 Å². The standard InChI is InChI=1S/C18H26N2O5S/c1-13-5-7-15(8-6-13)26(23,24)20-11-9-14(10-12-20)16(21)19-18(2,3)17(22)25-4/h5-8,14H,9-12H2,1-4H3,(H,19,21). The Balaban J connectivity index is 1.99. The Bertz CT molecular complexity index is 763. The summed E-state index contributed by atoms with van der Waals surface area (Å²) in [6.45, 7) is 5.59. The first kappa shape index (κ1) is 20.4. The van der Waals surface area contributed by atoms with Crippen molar-refractivity contribution in [3.63, 3.8) is 0 Å². The summed E-state index contributed by atoms with van der Waals surface area (Å²) in [6, 6.07) is 6.73. The van der Waals surface area contributed by atoms with Crippen molar-refractivity contribution in [1.29, 1.82) is 0 Å². The van der Waals surface area contributed by atoms with Crippen LogP contribution in [0.15, 0.2) is 29.2 Å². The van der Waals surface area contributed by atoms with Gasteiger partial charge in [0.15, 0.2) is 0 Å². The Morgan fingerprint density at radius 2 is 1.69 bits per heavy atom. The number of carbonyl (C=O) groups excluding carboxylic acids is 2. The van der Waals surface area contributed by atoms with Gasteiger partial charge in [-0.15, -0.1) is 0 Å². The van der Waals surface area contributed by atoms with Crippen LogP contribution in [0.25, 0.3) is 0 Å². The first-order chi connectivity index (χ1) is 12.1. The lowest BCUT2D eigenvalue weighted by atomic mass is 9.95. The Morgan fingerprint density at radius 1 is 1.15 bits per heavy atom. The maximum atomic E-state index is 12.7. The number of amides is 1. The van der Waals surface area contributed by atoms with Crippen molar-refractivity contribution in [1.82, 2.24) is 9.62 Å². The molecule has 1 aliphatic rings. The molecule has 0 aliphatic carbocycles. The van der Waals surface area contributed by atoms with Gasteiger partial charge in [-0.05, 0) is 45.7 Å². The number of esters is 1. The number of piperidine rings is 1. The largest absolute Gasteiger partial charge is 0.467 e. The maximum Gasteiger partial charge on any atom is 0.330 e. The second kappa shape index (κ2) is 7.75. The SMILES string of the molecule is COC(=O)C(C)(C)NC(=O)C1CCN(S(=O)(=O)c2ccc(C)cc2)CC1. The predicted molar refractivity (Wildman–Crippen MR) is 96.9 cm³/mol. The molecule has 7 nitrogen and oxygen atoms in total. The third kappa shape index (κ3) is 4.42. The van der Waals surface area contributed by atoms with E-state index in [1.54, 1.807) is 38.1 Å². The van der Waals surface area contributed by atoms with Crippen LogP contribution in [0.4, 0.5) is 0 Å². The van der Waals surface area contributed by atoms with E-state index in [2.05, 4.69) is 10.1 Å². The lowest BCUT2D eigenvalue weighted by Crippen LogP contribution is -2.53. The van der Waals surface area contributed by atoms with Crippen molar-refractivity contribution in [2.24, 2.45) is 5.92 Å². The molecule has 0 spiro atoms. The van der Waals surface area contributed by atoms with Gasteiger partial charge in [0.2, 0.25) is 15.9 Å². The molecule has 1 aliphatic heterocycles. The van der Waals surface area contributed by atoms with Crippen LogP contribution in [-0.4, -0.2) is 50.3 Å². The van der Waals surface area contributed by atoms with Crippen LogP contribution in [-0.2, 0) is 24.3 Å². The topological polar surface area (TPSA) is 92.8 Å². The molecule has 1 aromatic rings. The highest BCUT2D eigenvalue weighted by Gasteiger charge is 2.36. The molecule has 1 heterocycles. The molecule has 0 bridgehead atoms. The molecule has 26 heavy (non-hydrogen) atoms. The van der Waals surface area contributed by atoms with Crippen LogP contribution in [0, 0.1) is 12.8 Å². The number of methoxy groups -OCH3 is 1. The highest BCUT2D eigenvalue weighted by atomic mass is 32.2. The van der Waals surface area contributed by atoms with Gasteiger partial charge in [0.1, 0.15) is 5.54 Å². The second-order valence-corrected chi connectivity index (χ2v) is 9.04. The number of aryl methyl sites for hydroxylation is 1. The van der Waals surface area contributed by atoms with Crippen LogP contribution in [0.1, 0.15) is 32.3 Å². The molecule has 0 saturated carbocycles. The lowest BCUT2D eigenvalue weighted by Gasteiger charge is -2.32. The van der Waals surface area contributed by atoms with E-state index in [4.69, 9.17) is 0 Å². The zero-order valence-corrected chi connectivity index (χ0v) is 16.4. The fourth-order valence-corrected chi connectivity index (χ4v) is 4.40. The summed E-state index contributed by atoms with van der Waals surface area (Å²) in [5, 5.41) is 2.69. The minimum absolute atomic E-state index is 0.257. The van der Waals surface area contributed by atoms with Crippen molar-refractivity contribution in [2.45, 2.75) is 44.0 Å². The minimum atomic E-state index is -3.55. The van der Waals surface area contributed by atoms with E-state index in [9.17, 15) is 18.0 Å². The number of rotatable bonds is 5. The fourth-order valence-electron chi connectivity index (χ4n) is 2.93. The number of hydrogen-bond acceptors (Lipinski definition) is 5. The van der Waals surface area contributed by atoms with E-state index < -0.39 is 21.5 Å². The van der Waals surface area contributed by atoms with Crippen molar-refractivity contribution in [3.05, 3.63) is 29.8 Å². The monoisotopic (exact) mass is 382 g/mol. The molecule has 1 N–H and O–H groups in total. The summed E-state index contributed by atoms with van der Waals surface area (Å²) in [5.74, 6) is -1.11. The number of ether oxygens (including phenoxy) is 1. The third-order valence-corrected chi connectivity index (χ3v) is 6.53. The normalized spacial score (nSPS) is 16.9. The highest BCUT2D eigenvalue weighted by Crippen LogP contribution is 2.24. The van der Waals surface area contributed by atoms with Crippen molar-refractivity contribution in [3.8, 4) is 0 Å². The number of nitrogens with one attached hydrogen (secondary N) is 1. The molecule has 0 aromatic heterocycles. The van der Waals surface area contributed by atoms with E-state index in [0.717, 1.165) is 5.56 Å². The van der Waals surface area contributed by atoms with Crippen LogP contribution in [0.5, 0.6) is 0 Å². The van der Waals surface area contributed by atoms with Crippen molar-refractivity contribution < 1.29 is 22.7 Å². The van der Waals surface area contributed by atoms with Crippen LogP contribution in [0.2, 0.25) is 0 Å². The van der Waals surface area contributed by atoms with Gasteiger partial charge in [-0.2, -0.15) is 4.31 Å². The van der Waals surface area contributed by atoms with Gasteiger partial charge >= 0.3 is 5.97 Å². The smallest absolute Gasteiger partial charge is 0.330 e. The zero-order valence-electron chi connectivity index (χ0n) is 15.6. The Labute approximate surface area is 154 Å². The van der Waals surface area contributed by atoms with Gasteiger partial charge in [-0.1, -0.05) is 17.7 Å². The molecule has 0 atom stereocenters. The van der Waals surface area contributed by atoms with E-state index in [-0.39, 0.29) is 29.8 Å². The van der Waals surface area contributed by atoms with Gasteiger partial charge in [0.25, 0.3) is 0 Å². The molecular weight excluding hydrogens is 356 g/mol. The molecule has 1 aromatic carbocycles. The molecule has 144 valence electrons. The first-order valence-corrected chi connectivity index (χ1v) is 9.99. The molecule has 0 unspecified atom stereocenters. The molecule has 0 radical (unpaired) electrons. The van der Waals surface area contributed by atoms with Gasteiger partial charge < -0.3 is 10.1 Å². The predicted octanol–water partition coefficient (Wildman–Crippen LogP) is 1.46. The van der Waals surface area contributed by atoms with Crippen molar-refractivity contribution in [2.75, 3.05) is 20.2 Å². The summed E-state index contributed by atoms with van der Waals surface area (Å²) >= 11 is 0. The first-order valence-electron chi connectivity index (χ1n) is 8.55. The molecule has 2 rings (SSSR count). The van der Waals surface area contributed by atoms with Gasteiger partial charge in [-0.25, -0.2) is 13.2 Å². The average molecular weight is 382 g/mol. The quantitative estimate of drug-likeness (QED) is 0.779. The average Bonchev–Trinajstić information content (AvgIpc) is 2.61. The fraction of sp³-hybridized carbons (Fsp3) is 0.556. The lowest BCUT2D eigenvalue weighted by molar-refractivity contribution is -0.150. The summed E-state index contributed by atoms with van der Waals surface area (Å²) in [4.78, 5) is 24.4.